The van der Waals surface area contributed by atoms with Crippen LogP contribution in [-0.4, -0.2) is 29.2 Å². The molecule has 1 aromatic carbocycles. The third-order valence-electron chi connectivity index (χ3n) is 3.30. The number of thioether (sulfide) groups is 1. The first-order chi connectivity index (χ1) is 10.0. The highest BCUT2D eigenvalue weighted by Gasteiger charge is 2.30. The van der Waals surface area contributed by atoms with Crippen LogP contribution in [0.2, 0.25) is 0 Å². The van der Waals surface area contributed by atoms with E-state index in [1.165, 1.54) is 18.7 Å². The summed E-state index contributed by atoms with van der Waals surface area (Å²) in [5, 5.41) is 0.0676. The first-order valence-corrected chi connectivity index (χ1v) is 7.54. The monoisotopic (exact) mass is 307 g/mol. The average Bonchev–Trinajstić information content (AvgIpc) is 2.85. The SMILES string of the molecule is CC(=O)SCC1CC(=O)N(c2ccc(C(=O)NN)cc2)C1. The van der Waals surface area contributed by atoms with Gasteiger partial charge in [-0.2, -0.15) is 0 Å². The summed E-state index contributed by atoms with van der Waals surface area (Å²) in [6, 6.07) is 6.71. The van der Waals surface area contributed by atoms with Gasteiger partial charge in [0.2, 0.25) is 5.91 Å². The van der Waals surface area contributed by atoms with Crippen molar-refractivity contribution < 1.29 is 14.4 Å². The lowest BCUT2D eigenvalue weighted by Crippen LogP contribution is -2.30. The van der Waals surface area contributed by atoms with Crippen LogP contribution >= 0.6 is 11.8 Å². The number of nitrogen functional groups attached to an aromatic ring is 1. The van der Waals surface area contributed by atoms with Crippen LogP contribution in [0.5, 0.6) is 0 Å². The summed E-state index contributed by atoms with van der Waals surface area (Å²) in [4.78, 5) is 36.1. The topological polar surface area (TPSA) is 92.5 Å². The molecule has 1 atom stereocenters. The largest absolute Gasteiger partial charge is 0.312 e. The highest BCUT2D eigenvalue weighted by molar-refractivity contribution is 8.13. The van der Waals surface area contributed by atoms with Crippen LogP contribution in [0, 0.1) is 5.92 Å². The highest BCUT2D eigenvalue weighted by atomic mass is 32.2. The number of hydrogen-bond donors (Lipinski definition) is 2. The molecule has 1 fully saturated rings. The number of benzene rings is 1. The summed E-state index contributed by atoms with van der Waals surface area (Å²) in [5.41, 5.74) is 3.25. The second-order valence-corrected chi connectivity index (χ2v) is 6.09. The smallest absolute Gasteiger partial charge is 0.265 e. The Morgan fingerprint density at radius 1 is 1.38 bits per heavy atom. The van der Waals surface area contributed by atoms with Gasteiger partial charge in [0.1, 0.15) is 0 Å². The van der Waals surface area contributed by atoms with Crippen molar-refractivity contribution >= 4 is 34.4 Å². The molecule has 0 aromatic heterocycles. The fraction of sp³-hybridized carbons (Fsp3) is 0.357. The molecular formula is C14H17N3O3S. The summed E-state index contributed by atoms with van der Waals surface area (Å²) in [7, 11) is 0. The van der Waals surface area contributed by atoms with Crippen LogP contribution in [0.4, 0.5) is 5.69 Å². The van der Waals surface area contributed by atoms with Crippen LogP contribution in [0.1, 0.15) is 23.7 Å². The molecule has 1 aromatic rings. The van der Waals surface area contributed by atoms with E-state index < -0.39 is 0 Å². The minimum absolute atomic E-state index is 0.0418. The van der Waals surface area contributed by atoms with Crippen LogP contribution < -0.4 is 16.2 Å². The molecular weight excluding hydrogens is 290 g/mol. The van der Waals surface area contributed by atoms with Gasteiger partial charge in [0.25, 0.3) is 5.91 Å². The van der Waals surface area contributed by atoms with Gasteiger partial charge in [-0.3, -0.25) is 19.8 Å². The molecule has 2 rings (SSSR count). The highest BCUT2D eigenvalue weighted by Crippen LogP contribution is 2.27. The molecule has 7 heteroatoms. The molecule has 6 nitrogen and oxygen atoms in total. The van der Waals surface area contributed by atoms with Gasteiger partial charge in [-0.1, -0.05) is 11.8 Å². The lowest BCUT2D eigenvalue weighted by molar-refractivity contribution is -0.117. The number of nitrogens with two attached hydrogens (primary N) is 1. The number of hydrazine groups is 1. The molecule has 0 spiro atoms. The number of nitrogens with one attached hydrogen (secondary N) is 1. The minimum Gasteiger partial charge on any atom is -0.312 e. The second-order valence-electron chi connectivity index (χ2n) is 4.90. The quantitative estimate of drug-likeness (QED) is 0.490. The number of hydrogen-bond acceptors (Lipinski definition) is 5. The van der Waals surface area contributed by atoms with Crippen LogP contribution in [-0.2, 0) is 9.59 Å². The Labute approximate surface area is 127 Å². The number of rotatable bonds is 4. The Morgan fingerprint density at radius 2 is 2.05 bits per heavy atom. The summed E-state index contributed by atoms with van der Waals surface area (Å²) in [5.74, 6) is 5.58. The maximum Gasteiger partial charge on any atom is 0.265 e. The van der Waals surface area contributed by atoms with E-state index >= 15 is 0 Å². The van der Waals surface area contributed by atoms with Gasteiger partial charge in [0.15, 0.2) is 5.12 Å². The van der Waals surface area contributed by atoms with E-state index in [2.05, 4.69) is 5.43 Å². The number of carbonyl (C=O) groups is 3. The zero-order valence-corrected chi connectivity index (χ0v) is 12.5. The molecule has 1 heterocycles. The molecule has 1 aliphatic heterocycles. The van der Waals surface area contributed by atoms with Crippen LogP contribution in [0.15, 0.2) is 24.3 Å². The third-order valence-corrected chi connectivity index (χ3v) is 4.34. The Balaban J connectivity index is 2.03. The van der Waals surface area contributed by atoms with Crippen molar-refractivity contribution in [3.8, 4) is 0 Å². The summed E-state index contributed by atoms with van der Waals surface area (Å²) < 4.78 is 0. The van der Waals surface area contributed by atoms with Crippen molar-refractivity contribution in [2.75, 3.05) is 17.2 Å². The fourth-order valence-corrected chi connectivity index (χ4v) is 2.95. The fourth-order valence-electron chi connectivity index (χ4n) is 2.25. The normalized spacial score (nSPS) is 17.9. The van der Waals surface area contributed by atoms with Gasteiger partial charge in [-0.05, 0) is 30.2 Å². The third kappa shape index (κ3) is 3.83. The van der Waals surface area contributed by atoms with Crippen molar-refractivity contribution in [2.45, 2.75) is 13.3 Å². The number of anilines is 1. The molecule has 0 aliphatic carbocycles. The average molecular weight is 307 g/mol. The van der Waals surface area contributed by atoms with E-state index in [1.807, 2.05) is 0 Å². The molecule has 2 amide bonds. The molecule has 0 radical (unpaired) electrons. The lowest BCUT2D eigenvalue weighted by atomic mass is 10.1. The Kier molecular flexibility index (Phi) is 4.98. The summed E-state index contributed by atoms with van der Waals surface area (Å²) in [6.07, 6.45) is 0.450. The zero-order valence-electron chi connectivity index (χ0n) is 11.7. The standard InChI is InChI=1S/C14H17N3O3S/c1-9(18)21-8-10-6-13(19)17(7-10)12-4-2-11(3-5-12)14(20)16-15/h2-5,10H,6-8,15H2,1H3,(H,16,20). The molecule has 112 valence electrons. The molecule has 0 bridgehead atoms. The maximum atomic E-state index is 12.0. The lowest BCUT2D eigenvalue weighted by Gasteiger charge is -2.17. The molecule has 0 saturated carbocycles. The molecule has 1 aliphatic rings. The predicted molar refractivity (Wildman–Crippen MR) is 81.7 cm³/mol. The van der Waals surface area contributed by atoms with E-state index in [9.17, 15) is 14.4 Å². The molecule has 1 unspecified atom stereocenters. The van der Waals surface area contributed by atoms with E-state index in [0.29, 0.717) is 24.3 Å². The second kappa shape index (κ2) is 6.73. The van der Waals surface area contributed by atoms with Gasteiger partial charge in [0.05, 0.1) is 0 Å². The van der Waals surface area contributed by atoms with Gasteiger partial charge in [-0.15, -0.1) is 0 Å². The van der Waals surface area contributed by atoms with Crippen LogP contribution in [0.25, 0.3) is 0 Å². The number of carbonyl (C=O) groups excluding carboxylic acids is 3. The predicted octanol–water partition coefficient (Wildman–Crippen LogP) is 0.923. The Hall–Kier alpha value is -1.86. The molecule has 21 heavy (non-hydrogen) atoms. The van der Waals surface area contributed by atoms with Gasteiger partial charge >= 0.3 is 0 Å². The first kappa shape index (κ1) is 15.5. The van der Waals surface area contributed by atoms with Crippen molar-refractivity contribution in [2.24, 2.45) is 11.8 Å². The van der Waals surface area contributed by atoms with E-state index in [4.69, 9.17) is 5.84 Å². The van der Waals surface area contributed by atoms with E-state index in [0.717, 1.165) is 5.69 Å². The van der Waals surface area contributed by atoms with E-state index in [-0.39, 0.29) is 22.8 Å². The first-order valence-electron chi connectivity index (χ1n) is 6.56. The summed E-state index contributed by atoms with van der Waals surface area (Å²) in [6.45, 7) is 2.13. The Bertz CT molecular complexity index is 559. The van der Waals surface area contributed by atoms with Crippen molar-refractivity contribution in [1.82, 2.24) is 5.43 Å². The van der Waals surface area contributed by atoms with Gasteiger partial charge in [-0.25, -0.2) is 5.84 Å². The summed E-state index contributed by atoms with van der Waals surface area (Å²) >= 11 is 1.25. The molecule has 3 N–H and O–H groups in total. The van der Waals surface area contributed by atoms with Crippen LogP contribution in [0.3, 0.4) is 0 Å². The van der Waals surface area contributed by atoms with Crippen molar-refractivity contribution in [3.63, 3.8) is 0 Å². The molecule has 1 saturated heterocycles. The van der Waals surface area contributed by atoms with Crippen molar-refractivity contribution in [1.29, 1.82) is 0 Å². The minimum atomic E-state index is -0.370. The van der Waals surface area contributed by atoms with E-state index in [1.54, 1.807) is 29.2 Å². The number of nitrogens with zero attached hydrogens (tertiary/aromatic N) is 1. The van der Waals surface area contributed by atoms with Gasteiger partial charge in [0, 0.05) is 36.9 Å². The van der Waals surface area contributed by atoms with Gasteiger partial charge < -0.3 is 4.90 Å². The van der Waals surface area contributed by atoms with Crippen molar-refractivity contribution in [3.05, 3.63) is 29.8 Å². The Morgan fingerprint density at radius 3 is 2.62 bits per heavy atom. The number of amides is 2. The maximum absolute atomic E-state index is 12.0. The zero-order chi connectivity index (χ0) is 15.4.